The summed E-state index contributed by atoms with van der Waals surface area (Å²) in [7, 11) is 1.64. The van der Waals surface area contributed by atoms with Crippen molar-refractivity contribution in [2.24, 2.45) is 0 Å². The minimum atomic E-state index is 0.465. The molecule has 5 nitrogen and oxygen atoms in total. The molecule has 0 bridgehead atoms. The maximum absolute atomic E-state index is 5.63. The van der Waals surface area contributed by atoms with Crippen LogP contribution in [0.15, 0.2) is 59.0 Å². The van der Waals surface area contributed by atoms with E-state index in [1.165, 1.54) is 0 Å². The monoisotopic (exact) mass is 281 g/mol. The van der Waals surface area contributed by atoms with E-state index in [2.05, 4.69) is 15.5 Å². The highest BCUT2D eigenvalue weighted by atomic mass is 16.5. The van der Waals surface area contributed by atoms with Crippen molar-refractivity contribution < 1.29 is 9.15 Å². The number of anilines is 1. The van der Waals surface area contributed by atoms with Crippen LogP contribution in [-0.2, 0) is 6.54 Å². The summed E-state index contributed by atoms with van der Waals surface area (Å²) in [6.07, 6.45) is 0. The molecule has 5 heteroatoms. The lowest BCUT2D eigenvalue weighted by molar-refractivity contribution is 0.415. The lowest BCUT2D eigenvalue weighted by Gasteiger charge is -2.05. The van der Waals surface area contributed by atoms with Crippen LogP contribution in [0.1, 0.15) is 5.89 Å². The number of benzene rings is 2. The van der Waals surface area contributed by atoms with Crippen LogP contribution in [0.25, 0.3) is 11.5 Å². The summed E-state index contributed by atoms with van der Waals surface area (Å²) in [4.78, 5) is 0. The second-order valence-corrected chi connectivity index (χ2v) is 4.45. The standard InChI is InChI=1S/C16H15N3O2/c1-20-14-9-5-8-13(10-14)17-11-15-18-19-16(21-15)12-6-3-2-4-7-12/h2-10,17H,11H2,1H3. The zero-order chi connectivity index (χ0) is 14.5. The summed E-state index contributed by atoms with van der Waals surface area (Å²) < 4.78 is 10.8. The van der Waals surface area contributed by atoms with Gasteiger partial charge in [0.2, 0.25) is 11.8 Å². The minimum absolute atomic E-state index is 0.465. The van der Waals surface area contributed by atoms with Crippen LogP contribution in [0.4, 0.5) is 5.69 Å². The van der Waals surface area contributed by atoms with Gasteiger partial charge in [0.25, 0.3) is 0 Å². The van der Waals surface area contributed by atoms with Crippen LogP contribution in [0, 0.1) is 0 Å². The maximum atomic E-state index is 5.63. The van der Waals surface area contributed by atoms with E-state index in [-0.39, 0.29) is 0 Å². The molecule has 0 fully saturated rings. The van der Waals surface area contributed by atoms with Crippen LogP contribution in [0.3, 0.4) is 0 Å². The number of ether oxygens (including phenoxy) is 1. The molecule has 2 aromatic carbocycles. The molecular formula is C16H15N3O2. The third-order valence-electron chi connectivity index (χ3n) is 3.00. The van der Waals surface area contributed by atoms with Crippen LogP contribution in [0.5, 0.6) is 5.75 Å². The van der Waals surface area contributed by atoms with E-state index in [9.17, 15) is 0 Å². The first-order chi connectivity index (χ1) is 10.3. The fraction of sp³-hybridized carbons (Fsp3) is 0.125. The molecule has 0 unspecified atom stereocenters. The third kappa shape index (κ3) is 3.20. The van der Waals surface area contributed by atoms with E-state index in [0.29, 0.717) is 18.3 Å². The van der Waals surface area contributed by atoms with Gasteiger partial charge in [-0.15, -0.1) is 10.2 Å². The van der Waals surface area contributed by atoms with Gasteiger partial charge in [0, 0.05) is 17.3 Å². The van der Waals surface area contributed by atoms with Crippen LogP contribution in [0.2, 0.25) is 0 Å². The Morgan fingerprint density at radius 2 is 1.90 bits per heavy atom. The van der Waals surface area contributed by atoms with Gasteiger partial charge < -0.3 is 14.5 Å². The van der Waals surface area contributed by atoms with E-state index in [1.807, 2.05) is 54.6 Å². The van der Waals surface area contributed by atoms with Gasteiger partial charge in [-0.1, -0.05) is 24.3 Å². The average molecular weight is 281 g/mol. The number of aromatic nitrogens is 2. The van der Waals surface area contributed by atoms with E-state index in [0.717, 1.165) is 17.0 Å². The number of nitrogens with one attached hydrogen (secondary N) is 1. The second-order valence-electron chi connectivity index (χ2n) is 4.45. The largest absolute Gasteiger partial charge is 0.497 e. The number of hydrogen-bond acceptors (Lipinski definition) is 5. The molecule has 0 atom stereocenters. The third-order valence-corrected chi connectivity index (χ3v) is 3.00. The van der Waals surface area contributed by atoms with Crippen molar-refractivity contribution in [2.45, 2.75) is 6.54 Å². The zero-order valence-electron chi connectivity index (χ0n) is 11.6. The molecular weight excluding hydrogens is 266 g/mol. The van der Waals surface area contributed by atoms with Crippen molar-refractivity contribution >= 4 is 5.69 Å². The molecule has 106 valence electrons. The van der Waals surface area contributed by atoms with Crippen molar-refractivity contribution in [1.82, 2.24) is 10.2 Å². The predicted octanol–water partition coefficient (Wildman–Crippen LogP) is 3.36. The predicted molar refractivity (Wildman–Crippen MR) is 80.1 cm³/mol. The Labute approximate surface area is 122 Å². The first kappa shape index (κ1) is 13.2. The van der Waals surface area contributed by atoms with Gasteiger partial charge in [0.05, 0.1) is 13.7 Å². The Kier molecular flexibility index (Phi) is 3.82. The lowest BCUT2D eigenvalue weighted by atomic mass is 10.2. The highest BCUT2D eigenvalue weighted by Crippen LogP contribution is 2.19. The summed E-state index contributed by atoms with van der Waals surface area (Å²) in [5.41, 5.74) is 1.85. The maximum Gasteiger partial charge on any atom is 0.247 e. The highest BCUT2D eigenvalue weighted by Gasteiger charge is 2.07. The molecule has 0 spiro atoms. The average Bonchev–Trinajstić information content (AvgIpc) is 3.03. The molecule has 0 saturated heterocycles. The molecule has 1 N–H and O–H groups in total. The van der Waals surface area contributed by atoms with Gasteiger partial charge in [-0.3, -0.25) is 0 Å². The van der Waals surface area contributed by atoms with E-state index in [4.69, 9.17) is 9.15 Å². The van der Waals surface area contributed by atoms with Crippen molar-refractivity contribution in [3.05, 3.63) is 60.5 Å². The van der Waals surface area contributed by atoms with Gasteiger partial charge >= 0.3 is 0 Å². The second kappa shape index (κ2) is 6.09. The Hall–Kier alpha value is -2.82. The van der Waals surface area contributed by atoms with E-state index >= 15 is 0 Å². The minimum Gasteiger partial charge on any atom is -0.497 e. The summed E-state index contributed by atoms with van der Waals surface area (Å²) in [5, 5.41) is 11.3. The molecule has 0 radical (unpaired) electrons. The van der Waals surface area contributed by atoms with Crippen LogP contribution < -0.4 is 10.1 Å². The van der Waals surface area contributed by atoms with Crippen molar-refractivity contribution in [1.29, 1.82) is 0 Å². The van der Waals surface area contributed by atoms with Crippen molar-refractivity contribution in [3.63, 3.8) is 0 Å². The first-order valence-corrected chi connectivity index (χ1v) is 6.61. The van der Waals surface area contributed by atoms with Gasteiger partial charge in [-0.25, -0.2) is 0 Å². The normalized spacial score (nSPS) is 10.3. The molecule has 1 aromatic heterocycles. The summed E-state index contributed by atoms with van der Waals surface area (Å²) >= 11 is 0. The summed E-state index contributed by atoms with van der Waals surface area (Å²) in [6, 6.07) is 17.4. The van der Waals surface area contributed by atoms with Gasteiger partial charge in [0.1, 0.15) is 5.75 Å². The number of rotatable bonds is 5. The molecule has 21 heavy (non-hydrogen) atoms. The molecule has 0 amide bonds. The fourth-order valence-electron chi connectivity index (χ4n) is 1.93. The van der Waals surface area contributed by atoms with Crippen LogP contribution >= 0.6 is 0 Å². The quantitative estimate of drug-likeness (QED) is 0.777. The van der Waals surface area contributed by atoms with E-state index in [1.54, 1.807) is 7.11 Å². The van der Waals surface area contributed by atoms with Gasteiger partial charge in [0.15, 0.2) is 0 Å². The van der Waals surface area contributed by atoms with Crippen molar-refractivity contribution in [3.8, 4) is 17.2 Å². The molecule has 3 aromatic rings. The molecule has 0 saturated carbocycles. The smallest absolute Gasteiger partial charge is 0.247 e. The summed E-state index contributed by atoms with van der Waals surface area (Å²) in [5.74, 6) is 1.87. The molecule has 1 heterocycles. The number of hydrogen-bond donors (Lipinski definition) is 1. The Balaban J connectivity index is 1.67. The Morgan fingerprint density at radius 1 is 1.05 bits per heavy atom. The molecule has 0 aliphatic rings. The topological polar surface area (TPSA) is 60.2 Å². The first-order valence-electron chi connectivity index (χ1n) is 6.61. The SMILES string of the molecule is COc1cccc(NCc2nnc(-c3ccccc3)o2)c1. The molecule has 3 rings (SSSR count). The highest BCUT2D eigenvalue weighted by molar-refractivity contribution is 5.52. The van der Waals surface area contributed by atoms with Gasteiger partial charge in [-0.2, -0.15) is 0 Å². The Morgan fingerprint density at radius 3 is 2.71 bits per heavy atom. The summed E-state index contributed by atoms with van der Waals surface area (Å²) in [6.45, 7) is 0.465. The van der Waals surface area contributed by atoms with E-state index < -0.39 is 0 Å². The number of nitrogens with zero attached hydrogens (tertiary/aromatic N) is 2. The lowest BCUT2D eigenvalue weighted by Crippen LogP contribution is -1.99. The number of methoxy groups -OCH3 is 1. The molecule has 0 aliphatic heterocycles. The zero-order valence-corrected chi connectivity index (χ0v) is 11.6. The Bertz CT molecular complexity index is 710. The van der Waals surface area contributed by atoms with Crippen molar-refractivity contribution in [2.75, 3.05) is 12.4 Å². The van der Waals surface area contributed by atoms with Crippen LogP contribution in [-0.4, -0.2) is 17.3 Å². The fourth-order valence-corrected chi connectivity index (χ4v) is 1.93. The van der Waals surface area contributed by atoms with Gasteiger partial charge in [-0.05, 0) is 24.3 Å². The molecule has 0 aliphatic carbocycles.